The molecule has 0 atom stereocenters. The molecule has 3 rings (SSSR count). The minimum atomic E-state index is -3.93. The minimum absolute atomic E-state index is 0.0632. The van der Waals surface area contributed by atoms with Gasteiger partial charge in [0.25, 0.3) is 15.9 Å². The van der Waals surface area contributed by atoms with Crippen molar-refractivity contribution in [1.82, 2.24) is 4.90 Å². The molecule has 1 aliphatic rings. The van der Waals surface area contributed by atoms with Gasteiger partial charge in [-0.15, -0.1) is 0 Å². The van der Waals surface area contributed by atoms with Crippen LogP contribution >= 0.6 is 0 Å². The summed E-state index contributed by atoms with van der Waals surface area (Å²) >= 11 is 0. The van der Waals surface area contributed by atoms with Crippen LogP contribution in [0.3, 0.4) is 0 Å². The number of carbonyl (C=O) groups excluding carboxylic acids is 1. The quantitative estimate of drug-likeness (QED) is 0.781. The number of nitrogens with zero attached hydrogens (tertiary/aromatic N) is 1. The maximum Gasteiger partial charge on any atom is 0.261 e. The second kappa shape index (κ2) is 8.73. The Balaban J connectivity index is 1.78. The van der Waals surface area contributed by atoms with Crippen molar-refractivity contribution in [3.63, 3.8) is 0 Å². The molecule has 0 aromatic heterocycles. The lowest BCUT2D eigenvalue weighted by molar-refractivity contribution is 0.0761. The molecular weight excluding hydrogens is 379 g/mol. The number of para-hydroxylation sites is 1. The third-order valence-electron chi connectivity index (χ3n) is 5.13. The third kappa shape index (κ3) is 4.90. The lowest BCUT2D eigenvalue weighted by atomic mass is 9.89. The van der Waals surface area contributed by atoms with Gasteiger partial charge in [0.15, 0.2) is 0 Å². The first-order valence-corrected chi connectivity index (χ1v) is 11.0. The van der Waals surface area contributed by atoms with Crippen LogP contribution in [-0.4, -0.2) is 32.8 Å². The van der Waals surface area contributed by atoms with E-state index < -0.39 is 15.8 Å². The number of anilines is 1. The highest BCUT2D eigenvalue weighted by molar-refractivity contribution is 7.92. The molecule has 28 heavy (non-hydrogen) atoms. The van der Waals surface area contributed by atoms with Crippen LogP contribution in [0.25, 0.3) is 0 Å². The van der Waals surface area contributed by atoms with Crippen LogP contribution in [0, 0.1) is 11.7 Å². The molecule has 0 saturated heterocycles. The largest absolute Gasteiger partial charge is 0.341 e. The summed E-state index contributed by atoms with van der Waals surface area (Å²) in [4.78, 5) is 14.6. The Hall–Kier alpha value is -2.41. The van der Waals surface area contributed by atoms with Crippen LogP contribution in [0.5, 0.6) is 0 Å². The average molecular weight is 405 g/mol. The second-order valence-electron chi connectivity index (χ2n) is 7.29. The van der Waals surface area contributed by atoms with Gasteiger partial charge in [-0.05, 0) is 55.2 Å². The fraction of sp³-hybridized carbons (Fsp3) is 0.381. The Labute approximate surface area is 165 Å². The van der Waals surface area contributed by atoms with Crippen molar-refractivity contribution in [2.75, 3.05) is 18.3 Å². The van der Waals surface area contributed by atoms with E-state index in [-0.39, 0.29) is 16.5 Å². The molecule has 5 nitrogen and oxygen atoms in total. The number of hydrogen-bond donors (Lipinski definition) is 1. The fourth-order valence-electron chi connectivity index (χ4n) is 3.62. The SMILES string of the molecule is CN(CC1CCCCC1)C(=O)c1ccccc1NS(=O)(=O)c1ccc(F)cc1. The first kappa shape index (κ1) is 20.3. The number of halogens is 1. The summed E-state index contributed by atoms with van der Waals surface area (Å²) in [5.41, 5.74) is 0.513. The summed E-state index contributed by atoms with van der Waals surface area (Å²) in [5.74, 6) is -0.243. The monoisotopic (exact) mass is 404 g/mol. The Morgan fingerprint density at radius 2 is 1.71 bits per heavy atom. The number of carbonyl (C=O) groups is 1. The van der Waals surface area contributed by atoms with E-state index in [1.54, 1.807) is 36.2 Å². The highest BCUT2D eigenvalue weighted by Crippen LogP contribution is 2.26. The summed E-state index contributed by atoms with van der Waals surface area (Å²) in [6.45, 7) is 0.665. The highest BCUT2D eigenvalue weighted by Gasteiger charge is 2.23. The molecule has 0 radical (unpaired) electrons. The molecule has 2 aromatic rings. The predicted molar refractivity (Wildman–Crippen MR) is 107 cm³/mol. The van der Waals surface area contributed by atoms with Gasteiger partial charge in [0.1, 0.15) is 5.82 Å². The van der Waals surface area contributed by atoms with E-state index in [1.165, 1.54) is 31.4 Å². The number of benzene rings is 2. The maximum absolute atomic E-state index is 13.1. The van der Waals surface area contributed by atoms with Gasteiger partial charge in [-0.25, -0.2) is 12.8 Å². The van der Waals surface area contributed by atoms with Crippen LogP contribution in [0.1, 0.15) is 42.5 Å². The van der Waals surface area contributed by atoms with E-state index in [0.717, 1.165) is 25.0 Å². The molecule has 0 bridgehead atoms. The lowest BCUT2D eigenvalue weighted by Crippen LogP contribution is -2.33. The molecule has 1 fully saturated rings. The predicted octanol–water partition coefficient (Wildman–Crippen LogP) is 4.28. The summed E-state index contributed by atoms with van der Waals surface area (Å²) in [7, 11) is -2.17. The van der Waals surface area contributed by atoms with E-state index in [9.17, 15) is 17.6 Å². The van der Waals surface area contributed by atoms with Crippen LogP contribution in [0.4, 0.5) is 10.1 Å². The molecule has 150 valence electrons. The van der Waals surface area contributed by atoms with E-state index in [4.69, 9.17) is 0 Å². The molecule has 1 aliphatic carbocycles. The molecule has 2 aromatic carbocycles. The average Bonchev–Trinajstić information content (AvgIpc) is 2.68. The van der Waals surface area contributed by atoms with E-state index in [2.05, 4.69) is 4.72 Å². The number of nitrogens with one attached hydrogen (secondary N) is 1. The van der Waals surface area contributed by atoms with Gasteiger partial charge < -0.3 is 4.90 Å². The highest BCUT2D eigenvalue weighted by atomic mass is 32.2. The zero-order chi connectivity index (χ0) is 20.1. The van der Waals surface area contributed by atoms with Gasteiger partial charge in [0.05, 0.1) is 16.1 Å². The summed E-state index contributed by atoms with van der Waals surface area (Å²) in [6.07, 6.45) is 5.89. The Morgan fingerprint density at radius 3 is 2.39 bits per heavy atom. The van der Waals surface area contributed by atoms with Gasteiger partial charge in [0, 0.05) is 13.6 Å². The maximum atomic E-state index is 13.1. The zero-order valence-corrected chi connectivity index (χ0v) is 16.7. The van der Waals surface area contributed by atoms with Crippen LogP contribution < -0.4 is 4.72 Å². The van der Waals surface area contributed by atoms with Gasteiger partial charge >= 0.3 is 0 Å². The molecule has 1 amide bonds. The van der Waals surface area contributed by atoms with Crippen molar-refractivity contribution in [3.8, 4) is 0 Å². The minimum Gasteiger partial charge on any atom is -0.341 e. The molecule has 1 saturated carbocycles. The van der Waals surface area contributed by atoms with Crippen molar-refractivity contribution < 1.29 is 17.6 Å². The van der Waals surface area contributed by atoms with E-state index in [0.29, 0.717) is 18.0 Å². The standard InChI is InChI=1S/C21H25FN2O3S/c1-24(15-16-7-3-2-4-8-16)21(25)19-9-5-6-10-20(19)23-28(26,27)18-13-11-17(22)12-14-18/h5-6,9-14,16,23H,2-4,7-8,15H2,1H3. The smallest absolute Gasteiger partial charge is 0.261 e. The van der Waals surface area contributed by atoms with Crippen molar-refractivity contribution in [1.29, 1.82) is 0 Å². The van der Waals surface area contributed by atoms with Gasteiger partial charge in [-0.3, -0.25) is 9.52 Å². The van der Waals surface area contributed by atoms with Crippen LogP contribution in [0.2, 0.25) is 0 Å². The first-order chi connectivity index (χ1) is 13.4. The van der Waals surface area contributed by atoms with E-state index in [1.807, 2.05) is 0 Å². The van der Waals surface area contributed by atoms with Gasteiger partial charge in [-0.1, -0.05) is 31.4 Å². The molecule has 7 heteroatoms. The lowest BCUT2D eigenvalue weighted by Gasteiger charge is -2.27. The number of hydrogen-bond acceptors (Lipinski definition) is 3. The van der Waals surface area contributed by atoms with E-state index >= 15 is 0 Å². The van der Waals surface area contributed by atoms with Crippen molar-refractivity contribution in [2.45, 2.75) is 37.0 Å². The zero-order valence-electron chi connectivity index (χ0n) is 15.9. The second-order valence-corrected chi connectivity index (χ2v) is 8.98. The number of amides is 1. The van der Waals surface area contributed by atoms with Gasteiger partial charge in [0.2, 0.25) is 0 Å². The van der Waals surface area contributed by atoms with Crippen molar-refractivity contribution >= 4 is 21.6 Å². The molecule has 0 unspecified atom stereocenters. The Kier molecular flexibility index (Phi) is 6.34. The molecule has 1 N–H and O–H groups in total. The molecule has 0 heterocycles. The van der Waals surface area contributed by atoms with Gasteiger partial charge in [-0.2, -0.15) is 0 Å². The van der Waals surface area contributed by atoms with Crippen molar-refractivity contribution in [2.24, 2.45) is 5.92 Å². The normalized spacial score (nSPS) is 15.2. The number of sulfonamides is 1. The summed E-state index contributed by atoms with van der Waals surface area (Å²) in [5, 5.41) is 0. The topological polar surface area (TPSA) is 66.5 Å². The Morgan fingerprint density at radius 1 is 1.07 bits per heavy atom. The first-order valence-electron chi connectivity index (χ1n) is 9.50. The molecule has 0 spiro atoms. The van der Waals surface area contributed by atoms with Crippen LogP contribution in [-0.2, 0) is 10.0 Å². The Bertz CT molecular complexity index is 923. The number of rotatable bonds is 6. The molecule has 0 aliphatic heterocycles. The fourth-order valence-corrected chi connectivity index (χ4v) is 4.70. The van der Waals surface area contributed by atoms with Crippen molar-refractivity contribution in [3.05, 3.63) is 59.9 Å². The molecular formula is C21H25FN2O3S. The summed E-state index contributed by atoms with van der Waals surface area (Å²) < 4.78 is 40.8. The third-order valence-corrected chi connectivity index (χ3v) is 6.51. The van der Waals surface area contributed by atoms with Crippen LogP contribution in [0.15, 0.2) is 53.4 Å². The summed E-state index contributed by atoms with van der Waals surface area (Å²) in [6, 6.07) is 11.1.